The van der Waals surface area contributed by atoms with E-state index in [0.29, 0.717) is 30.6 Å². The molecule has 130 valence electrons. The van der Waals surface area contributed by atoms with E-state index in [-0.39, 0.29) is 5.82 Å². The zero-order chi connectivity index (χ0) is 17.1. The molecule has 0 atom stereocenters. The molecule has 1 aliphatic carbocycles. The van der Waals surface area contributed by atoms with Gasteiger partial charge in [-0.05, 0) is 36.8 Å². The molecule has 0 radical (unpaired) electrons. The highest BCUT2D eigenvalue weighted by Crippen LogP contribution is 2.31. The number of benzene rings is 1. The molecule has 2 N–H and O–H groups in total. The largest absolute Gasteiger partial charge is 0.381 e. The van der Waals surface area contributed by atoms with Crippen molar-refractivity contribution < 1.29 is 9.13 Å². The third-order valence-corrected chi connectivity index (χ3v) is 4.65. The minimum Gasteiger partial charge on any atom is -0.381 e. The van der Waals surface area contributed by atoms with Crippen molar-refractivity contribution in [2.75, 3.05) is 18.5 Å². The van der Waals surface area contributed by atoms with E-state index in [2.05, 4.69) is 25.5 Å². The quantitative estimate of drug-likeness (QED) is 0.646. The lowest BCUT2D eigenvalue weighted by Crippen LogP contribution is -2.38. The van der Waals surface area contributed by atoms with Gasteiger partial charge in [-0.2, -0.15) is 5.10 Å². The fourth-order valence-corrected chi connectivity index (χ4v) is 3.20. The van der Waals surface area contributed by atoms with E-state index < -0.39 is 0 Å². The Bertz CT molecular complexity index is 846. The molecule has 25 heavy (non-hydrogen) atoms. The van der Waals surface area contributed by atoms with Crippen LogP contribution in [0.4, 0.5) is 10.2 Å². The first-order chi connectivity index (χ1) is 12.3. The van der Waals surface area contributed by atoms with Crippen molar-refractivity contribution in [3.63, 3.8) is 0 Å². The molecule has 2 aromatic heterocycles. The first kappa shape index (κ1) is 16.0. The second-order valence-corrected chi connectivity index (χ2v) is 6.45. The van der Waals surface area contributed by atoms with Crippen LogP contribution in [0.1, 0.15) is 18.4 Å². The summed E-state index contributed by atoms with van der Waals surface area (Å²) in [4.78, 5) is 8.43. The predicted molar refractivity (Wildman–Crippen MR) is 92.7 cm³/mol. The van der Waals surface area contributed by atoms with Gasteiger partial charge in [0.25, 0.3) is 0 Å². The maximum atomic E-state index is 13.5. The van der Waals surface area contributed by atoms with Gasteiger partial charge in [-0.25, -0.2) is 14.4 Å². The van der Waals surface area contributed by atoms with Gasteiger partial charge in [0.2, 0.25) is 0 Å². The lowest BCUT2D eigenvalue weighted by Gasteiger charge is -2.36. The Labute approximate surface area is 144 Å². The third kappa shape index (κ3) is 3.61. The standard InChI is InChI=1S/C18H20FN5O/c19-16-4-2-1-3-13(16)5-6-25-10-12-7-14(8-12)23-17-15-9-22-24-18(15)21-11-20-17/h1-4,9,11-12,14H,5-8,10H2,(H2,20,21,22,23,24). The number of ether oxygens (including phenoxy) is 1. The number of hydrogen-bond acceptors (Lipinski definition) is 5. The van der Waals surface area contributed by atoms with Crippen LogP contribution >= 0.6 is 0 Å². The number of H-pyrrole nitrogens is 1. The van der Waals surface area contributed by atoms with E-state index in [0.717, 1.165) is 36.3 Å². The molecule has 0 saturated heterocycles. The first-order valence-electron chi connectivity index (χ1n) is 8.51. The highest BCUT2D eigenvalue weighted by molar-refractivity contribution is 5.85. The van der Waals surface area contributed by atoms with Crippen LogP contribution in [-0.4, -0.2) is 39.4 Å². The molecule has 0 unspecified atom stereocenters. The van der Waals surface area contributed by atoms with Crippen molar-refractivity contribution >= 4 is 16.9 Å². The van der Waals surface area contributed by atoms with Crippen molar-refractivity contribution in [2.24, 2.45) is 5.92 Å². The Morgan fingerprint density at radius 3 is 3.00 bits per heavy atom. The van der Waals surface area contributed by atoms with Crippen LogP contribution in [0.25, 0.3) is 11.0 Å². The van der Waals surface area contributed by atoms with E-state index in [9.17, 15) is 4.39 Å². The summed E-state index contributed by atoms with van der Waals surface area (Å²) in [5.74, 6) is 1.21. The van der Waals surface area contributed by atoms with Gasteiger partial charge < -0.3 is 10.1 Å². The maximum Gasteiger partial charge on any atom is 0.160 e. The molecule has 3 aromatic rings. The van der Waals surface area contributed by atoms with Gasteiger partial charge in [0.05, 0.1) is 18.2 Å². The second-order valence-electron chi connectivity index (χ2n) is 6.45. The molecular weight excluding hydrogens is 321 g/mol. The summed E-state index contributed by atoms with van der Waals surface area (Å²) < 4.78 is 19.2. The van der Waals surface area contributed by atoms with Gasteiger partial charge in [-0.1, -0.05) is 18.2 Å². The average Bonchev–Trinajstić information content (AvgIpc) is 3.07. The SMILES string of the molecule is Fc1ccccc1CCOCC1CC(Nc2ncnc3[nH]ncc23)C1. The van der Waals surface area contributed by atoms with E-state index in [1.807, 2.05) is 6.07 Å². The topological polar surface area (TPSA) is 75.7 Å². The Balaban J connectivity index is 1.18. The van der Waals surface area contributed by atoms with Gasteiger partial charge >= 0.3 is 0 Å². The smallest absolute Gasteiger partial charge is 0.160 e. The molecule has 0 amide bonds. The highest BCUT2D eigenvalue weighted by Gasteiger charge is 2.29. The van der Waals surface area contributed by atoms with Crippen LogP contribution in [0.2, 0.25) is 0 Å². The van der Waals surface area contributed by atoms with Crippen LogP contribution in [0, 0.1) is 11.7 Å². The van der Waals surface area contributed by atoms with Crippen LogP contribution in [0.3, 0.4) is 0 Å². The van der Waals surface area contributed by atoms with Gasteiger partial charge in [0.1, 0.15) is 18.0 Å². The highest BCUT2D eigenvalue weighted by atomic mass is 19.1. The van der Waals surface area contributed by atoms with Crippen LogP contribution < -0.4 is 5.32 Å². The van der Waals surface area contributed by atoms with Crippen molar-refractivity contribution in [2.45, 2.75) is 25.3 Å². The van der Waals surface area contributed by atoms with Crippen molar-refractivity contribution in [3.05, 3.63) is 48.2 Å². The number of rotatable bonds is 7. The maximum absolute atomic E-state index is 13.5. The summed E-state index contributed by atoms with van der Waals surface area (Å²) >= 11 is 0. The fraction of sp³-hybridized carbons (Fsp3) is 0.389. The Morgan fingerprint density at radius 1 is 1.24 bits per heavy atom. The molecule has 0 bridgehead atoms. The summed E-state index contributed by atoms with van der Waals surface area (Å²) in [6, 6.07) is 7.25. The predicted octanol–water partition coefficient (Wildman–Crippen LogP) is 2.94. The molecule has 6 nitrogen and oxygen atoms in total. The number of anilines is 1. The summed E-state index contributed by atoms with van der Waals surface area (Å²) in [5.41, 5.74) is 1.45. The Morgan fingerprint density at radius 2 is 2.12 bits per heavy atom. The Kier molecular flexibility index (Phi) is 4.56. The van der Waals surface area contributed by atoms with E-state index in [1.54, 1.807) is 18.3 Å². The number of hydrogen-bond donors (Lipinski definition) is 2. The minimum absolute atomic E-state index is 0.158. The molecular formula is C18H20FN5O. The van der Waals surface area contributed by atoms with Gasteiger partial charge in [0.15, 0.2) is 5.65 Å². The molecule has 1 saturated carbocycles. The van der Waals surface area contributed by atoms with Crippen molar-refractivity contribution in [1.82, 2.24) is 20.2 Å². The zero-order valence-corrected chi connectivity index (χ0v) is 13.8. The Hall–Kier alpha value is -2.54. The molecule has 4 rings (SSSR count). The molecule has 0 aliphatic heterocycles. The van der Waals surface area contributed by atoms with Crippen molar-refractivity contribution in [3.8, 4) is 0 Å². The van der Waals surface area contributed by atoms with Crippen LogP contribution in [0.15, 0.2) is 36.8 Å². The number of fused-ring (bicyclic) bond motifs is 1. The first-order valence-corrected chi connectivity index (χ1v) is 8.51. The van der Waals surface area contributed by atoms with Crippen LogP contribution in [-0.2, 0) is 11.2 Å². The van der Waals surface area contributed by atoms with Gasteiger partial charge in [-0.3, -0.25) is 5.10 Å². The summed E-state index contributed by atoms with van der Waals surface area (Å²) in [7, 11) is 0. The molecule has 1 fully saturated rings. The number of nitrogens with zero attached hydrogens (tertiary/aromatic N) is 3. The molecule has 7 heteroatoms. The normalized spacial score (nSPS) is 19.7. The number of aromatic amines is 1. The molecule has 0 spiro atoms. The van der Waals surface area contributed by atoms with E-state index in [1.165, 1.54) is 12.4 Å². The molecule has 2 heterocycles. The number of nitrogens with one attached hydrogen (secondary N) is 2. The lowest BCUT2D eigenvalue weighted by molar-refractivity contribution is 0.0667. The number of halogens is 1. The minimum atomic E-state index is -0.158. The lowest BCUT2D eigenvalue weighted by atomic mass is 9.81. The monoisotopic (exact) mass is 341 g/mol. The van der Waals surface area contributed by atoms with Crippen molar-refractivity contribution in [1.29, 1.82) is 0 Å². The van der Waals surface area contributed by atoms with E-state index >= 15 is 0 Å². The summed E-state index contributed by atoms with van der Waals surface area (Å²) in [6.45, 7) is 1.27. The fourth-order valence-electron chi connectivity index (χ4n) is 3.20. The second kappa shape index (κ2) is 7.14. The average molecular weight is 341 g/mol. The summed E-state index contributed by atoms with van der Waals surface area (Å²) in [6.07, 6.45) is 5.97. The molecule has 1 aromatic carbocycles. The third-order valence-electron chi connectivity index (χ3n) is 4.65. The zero-order valence-electron chi connectivity index (χ0n) is 13.8. The van der Waals surface area contributed by atoms with E-state index in [4.69, 9.17) is 4.74 Å². The summed E-state index contributed by atoms with van der Waals surface area (Å²) in [5, 5.41) is 11.2. The number of aromatic nitrogens is 4. The molecule has 1 aliphatic rings. The van der Waals surface area contributed by atoms with Gasteiger partial charge in [-0.15, -0.1) is 0 Å². The van der Waals surface area contributed by atoms with Crippen LogP contribution in [0.5, 0.6) is 0 Å². The van der Waals surface area contributed by atoms with Gasteiger partial charge in [0, 0.05) is 12.6 Å².